The average molecular weight is 447 g/mol. The third-order valence-electron chi connectivity index (χ3n) is 3.39. The van der Waals surface area contributed by atoms with Gasteiger partial charge in [0.2, 0.25) is 5.56 Å². The molecule has 1 unspecified atom stereocenters. The molecule has 0 aliphatic carbocycles. The number of nitrogens with zero attached hydrogens (tertiary/aromatic N) is 4. The standard InChI is InChI=1S/C17H14F3N5O2S.K/c1-10(11-3-5-12(6-4-11)28-17(18,19)20)27-25-13-9-14(26)24-16(23-13)15-21-7-2-8-22-15;/h2-10H,1H3,(H2,23,24,25,26);/q;+1/p-1. The summed E-state index contributed by atoms with van der Waals surface area (Å²) in [6.07, 6.45) is 2.44. The largest absolute Gasteiger partial charge is 1.00 e. The van der Waals surface area contributed by atoms with E-state index >= 15 is 0 Å². The monoisotopic (exact) mass is 447 g/mol. The number of aromatic amines is 1. The fraction of sp³-hybridized carbons (Fsp3) is 0.176. The molecule has 1 N–H and O–H groups in total. The Morgan fingerprint density at radius 3 is 2.45 bits per heavy atom. The van der Waals surface area contributed by atoms with Gasteiger partial charge in [-0.05, 0) is 48.3 Å². The first-order chi connectivity index (χ1) is 13.3. The second-order valence-corrected chi connectivity index (χ2v) is 6.62. The third-order valence-corrected chi connectivity index (χ3v) is 4.13. The summed E-state index contributed by atoms with van der Waals surface area (Å²) in [5.74, 6) is 0.376. The molecule has 0 amide bonds. The normalized spacial score (nSPS) is 12.1. The number of hydrogen-bond donors (Lipinski definition) is 1. The predicted octanol–water partition coefficient (Wildman–Crippen LogP) is 1.54. The maximum Gasteiger partial charge on any atom is 1.00 e. The van der Waals surface area contributed by atoms with E-state index in [1.807, 2.05) is 0 Å². The molecule has 12 heteroatoms. The Kier molecular flexibility index (Phi) is 8.82. The average Bonchev–Trinajstić information content (AvgIpc) is 2.66. The zero-order valence-corrected chi connectivity index (χ0v) is 19.3. The van der Waals surface area contributed by atoms with Crippen molar-refractivity contribution >= 4 is 17.6 Å². The van der Waals surface area contributed by atoms with Gasteiger partial charge in [-0.1, -0.05) is 12.1 Å². The molecule has 0 fully saturated rings. The predicted molar refractivity (Wildman–Crippen MR) is 96.8 cm³/mol. The van der Waals surface area contributed by atoms with Crippen LogP contribution in [0.3, 0.4) is 0 Å². The maximum atomic E-state index is 12.4. The van der Waals surface area contributed by atoms with Crippen LogP contribution in [0.4, 0.5) is 19.0 Å². The summed E-state index contributed by atoms with van der Waals surface area (Å²) in [4.78, 5) is 31.8. The zero-order valence-electron chi connectivity index (χ0n) is 15.3. The van der Waals surface area contributed by atoms with Crippen molar-refractivity contribution in [1.82, 2.24) is 19.9 Å². The summed E-state index contributed by atoms with van der Waals surface area (Å²) >= 11 is -0.192. The number of hydrogen-bond acceptors (Lipinski definition) is 6. The fourth-order valence-corrected chi connectivity index (χ4v) is 2.69. The Morgan fingerprint density at radius 1 is 1.17 bits per heavy atom. The van der Waals surface area contributed by atoms with E-state index < -0.39 is 17.2 Å². The van der Waals surface area contributed by atoms with Crippen LogP contribution in [0.2, 0.25) is 0 Å². The van der Waals surface area contributed by atoms with Crippen LogP contribution in [0.15, 0.2) is 58.5 Å². The molecule has 0 radical (unpaired) electrons. The van der Waals surface area contributed by atoms with Gasteiger partial charge in [0.25, 0.3) is 0 Å². The van der Waals surface area contributed by atoms with Gasteiger partial charge < -0.3 is 20.3 Å². The van der Waals surface area contributed by atoms with Crippen molar-refractivity contribution in [3.05, 3.63) is 70.2 Å². The molecule has 1 atom stereocenters. The van der Waals surface area contributed by atoms with Gasteiger partial charge in [-0.15, -0.1) is 0 Å². The number of nitrogens with one attached hydrogen (secondary N) is 1. The van der Waals surface area contributed by atoms with Crippen LogP contribution in [0.5, 0.6) is 0 Å². The fourth-order valence-electron chi connectivity index (χ4n) is 2.15. The van der Waals surface area contributed by atoms with Crippen LogP contribution >= 0.6 is 11.8 Å². The summed E-state index contributed by atoms with van der Waals surface area (Å²) in [5, 5.41) is 0. The molecule has 146 valence electrons. The Bertz CT molecular complexity index is 987. The van der Waals surface area contributed by atoms with E-state index in [-0.39, 0.29) is 85.5 Å². The summed E-state index contributed by atoms with van der Waals surface area (Å²) < 4.78 is 37.1. The van der Waals surface area contributed by atoms with Gasteiger partial charge in [-0.3, -0.25) is 4.79 Å². The number of aromatic nitrogens is 4. The van der Waals surface area contributed by atoms with Crippen LogP contribution in [0.25, 0.3) is 17.1 Å². The minimum atomic E-state index is -4.34. The van der Waals surface area contributed by atoms with Gasteiger partial charge in [-0.25, -0.2) is 9.97 Å². The third kappa shape index (κ3) is 7.48. The summed E-state index contributed by atoms with van der Waals surface area (Å²) in [6, 6.07) is 8.50. The quantitative estimate of drug-likeness (QED) is 0.350. The van der Waals surface area contributed by atoms with Gasteiger partial charge in [0.1, 0.15) is 0 Å². The number of benzene rings is 1. The van der Waals surface area contributed by atoms with Gasteiger partial charge in [0.15, 0.2) is 5.82 Å². The van der Waals surface area contributed by atoms with Gasteiger partial charge >= 0.3 is 56.9 Å². The van der Waals surface area contributed by atoms with Crippen LogP contribution < -0.4 is 56.9 Å². The van der Waals surface area contributed by atoms with E-state index in [0.717, 1.165) is 6.07 Å². The number of halogens is 3. The molecule has 0 spiro atoms. The number of alkyl halides is 3. The molecule has 29 heavy (non-hydrogen) atoms. The molecule has 7 nitrogen and oxygen atoms in total. The van der Waals surface area contributed by atoms with Crippen LogP contribution in [-0.4, -0.2) is 25.4 Å². The minimum Gasteiger partial charge on any atom is -0.417 e. The van der Waals surface area contributed by atoms with Crippen molar-refractivity contribution in [1.29, 1.82) is 0 Å². The summed E-state index contributed by atoms with van der Waals surface area (Å²) in [7, 11) is 0. The van der Waals surface area contributed by atoms with E-state index in [1.165, 1.54) is 36.7 Å². The van der Waals surface area contributed by atoms with E-state index in [4.69, 9.17) is 4.84 Å². The molecule has 2 heterocycles. The molecule has 3 aromatic rings. The second-order valence-electron chi connectivity index (χ2n) is 5.48. The van der Waals surface area contributed by atoms with Crippen molar-refractivity contribution < 1.29 is 69.4 Å². The van der Waals surface area contributed by atoms with E-state index in [0.29, 0.717) is 5.56 Å². The van der Waals surface area contributed by atoms with Crippen molar-refractivity contribution in [2.75, 3.05) is 0 Å². The van der Waals surface area contributed by atoms with Gasteiger partial charge in [0, 0.05) is 23.4 Å². The molecule has 2 aromatic heterocycles. The topological polar surface area (TPSA) is 94.9 Å². The van der Waals surface area contributed by atoms with Crippen molar-refractivity contribution in [2.24, 2.45) is 0 Å². The number of thioether (sulfide) groups is 1. The van der Waals surface area contributed by atoms with Gasteiger partial charge in [0.05, 0.1) is 11.9 Å². The van der Waals surface area contributed by atoms with Crippen LogP contribution in [0, 0.1) is 0 Å². The Morgan fingerprint density at radius 2 is 1.83 bits per heavy atom. The van der Waals surface area contributed by atoms with Crippen molar-refractivity contribution in [3.8, 4) is 11.6 Å². The molecule has 0 saturated carbocycles. The molecular formula is C17H13F3KN5O2S. The van der Waals surface area contributed by atoms with Crippen LogP contribution in [-0.2, 0) is 4.84 Å². The molecule has 1 aromatic carbocycles. The smallest absolute Gasteiger partial charge is 0.417 e. The first-order valence-corrected chi connectivity index (χ1v) is 8.73. The van der Waals surface area contributed by atoms with Crippen molar-refractivity contribution in [3.63, 3.8) is 0 Å². The van der Waals surface area contributed by atoms with E-state index in [1.54, 1.807) is 13.0 Å². The molecule has 0 saturated heterocycles. The Labute approximate surface area is 210 Å². The van der Waals surface area contributed by atoms with Gasteiger partial charge in [-0.2, -0.15) is 13.2 Å². The molecule has 0 aliphatic heterocycles. The summed E-state index contributed by atoms with van der Waals surface area (Å²) in [5.41, 5.74) is -0.343. The maximum absolute atomic E-state index is 12.4. The van der Waals surface area contributed by atoms with Crippen LogP contribution in [0.1, 0.15) is 18.6 Å². The Balaban J connectivity index is 0.00000300. The molecule has 3 rings (SSSR count). The SMILES string of the molecule is CC(O[N-]c1cc(=O)[nH]c(-c2ncccn2)n1)c1ccc(SC(F)(F)F)cc1.[K+]. The Hall–Kier alpha value is -1.28. The second kappa shape index (κ2) is 10.7. The number of rotatable bonds is 6. The summed E-state index contributed by atoms with van der Waals surface area (Å²) in [6.45, 7) is 1.67. The number of H-pyrrole nitrogens is 1. The first-order valence-electron chi connectivity index (χ1n) is 7.91. The van der Waals surface area contributed by atoms with E-state index in [9.17, 15) is 18.0 Å². The molecule has 0 bridgehead atoms. The van der Waals surface area contributed by atoms with Crippen molar-refractivity contribution in [2.45, 2.75) is 23.4 Å². The minimum absolute atomic E-state index is 0. The zero-order chi connectivity index (χ0) is 20.1. The molecule has 0 aliphatic rings. The first kappa shape index (κ1) is 24.0. The molecular weight excluding hydrogens is 434 g/mol. The van der Waals surface area contributed by atoms with E-state index in [2.05, 4.69) is 25.4 Å².